The standard InChI is InChI=1S/C15H18ClFN4O/c1-20(2)15-18-14(22-19-15)13-7-4-8-21(13)9-10-11(16)5-3-6-12(10)17/h3,5-6,13H,4,7-9H2,1-2H3. The van der Waals surface area contributed by atoms with E-state index in [1.165, 1.54) is 6.07 Å². The van der Waals surface area contributed by atoms with E-state index in [9.17, 15) is 4.39 Å². The lowest BCUT2D eigenvalue weighted by molar-refractivity contribution is 0.199. The molecule has 7 heteroatoms. The third-order valence-electron chi connectivity index (χ3n) is 3.90. The van der Waals surface area contributed by atoms with Crippen molar-refractivity contribution in [1.29, 1.82) is 0 Å². The Morgan fingerprint density at radius 3 is 2.95 bits per heavy atom. The predicted molar refractivity (Wildman–Crippen MR) is 82.4 cm³/mol. The molecule has 118 valence electrons. The van der Waals surface area contributed by atoms with Crippen molar-refractivity contribution in [3.63, 3.8) is 0 Å². The van der Waals surface area contributed by atoms with Gasteiger partial charge in [-0.1, -0.05) is 17.7 Å². The van der Waals surface area contributed by atoms with Gasteiger partial charge in [0.25, 0.3) is 5.95 Å². The molecular weight excluding hydrogens is 307 g/mol. The Balaban J connectivity index is 1.81. The summed E-state index contributed by atoms with van der Waals surface area (Å²) in [6.07, 6.45) is 1.93. The van der Waals surface area contributed by atoms with Gasteiger partial charge in [0.15, 0.2) is 0 Å². The Morgan fingerprint density at radius 1 is 1.45 bits per heavy atom. The Morgan fingerprint density at radius 2 is 2.27 bits per heavy atom. The summed E-state index contributed by atoms with van der Waals surface area (Å²) in [6, 6.07) is 4.77. The van der Waals surface area contributed by atoms with Crippen LogP contribution in [0.3, 0.4) is 0 Å². The number of aromatic nitrogens is 2. The first kappa shape index (κ1) is 15.2. The molecule has 0 spiro atoms. The number of halogens is 2. The molecule has 1 atom stereocenters. The second-order valence-electron chi connectivity index (χ2n) is 5.66. The highest BCUT2D eigenvalue weighted by Gasteiger charge is 2.31. The summed E-state index contributed by atoms with van der Waals surface area (Å²) in [6.45, 7) is 1.30. The van der Waals surface area contributed by atoms with Crippen LogP contribution in [0.1, 0.15) is 30.3 Å². The molecule has 0 amide bonds. The van der Waals surface area contributed by atoms with Gasteiger partial charge in [0.2, 0.25) is 5.89 Å². The Bertz CT molecular complexity index is 640. The van der Waals surface area contributed by atoms with Crippen LogP contribution in [0, 0.1) is 5.82 Å². The molecule has 2 heterocycles. The highest BCUT2D eigenvalue weighted by Crippen LogP contribution is 2.34. The van der Waals surface area contributed by atoms with Crippen LogP contribution in [0.4, 0.5) is 10.3 Å². The SMILES string of the molecule is CN(C)c1noc(C2CCCN2Cc2c(F)cccc2Cl)n1. The molecule has 2 aromatic rings. The third kappa shape index (κ3) is 2.94. The van der Waals surface area contributed by atoms with E-state index in [1.54, 1.807) is 17.0 Å². The fourth-order valence-electron chi connectivity index (χ4n) is 2.73. The predicted octanol–water partition coefficient (Wildman–Crippen LogP) is 3.27. The average molecular weight is 325 g/mol. The van der Waals surface area contributed by atoms with Gasteiger partial charge in [-0.05, 0) is 36.7 Å². The molecule has 1 aromatic heterocycles. The van der Waals surface area contributed by atoms with Crippen molar-refractivity contribution in [2.75, 3.05) is 25.5 Å². The minimum absolute atomic E-state index is 0.0110. The highest BCUT2D eigenvalue weighted by molar-refractivity contribution is 6.31. The molecule has 1 saturated heterocycles. The number of rotatable bonds is 4. The zero-order chi connectivity index (χ0) is 15.7. The van der Waals surface area contributed by atoms with Crippen molar-refractivity contribution < 1.29 is 8.91 Å². The number of likely N-dealkylation sites (tertiary alicyclic amines) is 1. The summed E-state index contributed by atoms with van der Waals surface area (Å²) >= 11 is 6.12. The van der Waals surface area contributed by atoms with E-state index in [2.05, 4.69) is 15.0 Å². The maximum atomic E-state index is 14.0. The van der Waals surface area contributed by atoms with Crippen LogP contribution in [-0.4, -0.2) is 35.7 Å². The molecule has 0 radical (unpaired) electrons. The van der Waals surface area contributed by atoms with Crippen molar-refractivity contribution in [2.45, 2.75) is 25.4 Å². The fraction of sp³-hybridized carbons (Fsp3) is 0.467. The number of hydrogen-bond acceptors (Lipinski definition) is 5. The van der Waals surface area contributed by atoms with Gasteiger partial charge in [-0.25, -0.2) is 4.39 Å². The van der Waals surface area contributed by atoms with E-state index >= 15 is 0 Å². The Kier molecular flexibility index (Phi) is 4.31. The molecule has 1 fully saturated rings. The lowest BCUT2D eigenvalue weighted by atomic mass is 10.1. The summed E-state index contributed by atoms with van der Waals surface area (Å²) in [5.41, 5.74) is 0.517. The first-order valence-electron chi connectivity index (χ1n) is 7.24. The van der Waals surface area contributed by atoms with Crippen LogP contribution in [-0.2, 0) is 6.54 Å². The first-order chi connectivity index (χ1) is 10.6. The van der Waals surface area contributed by atoms with Gasteiger partial charge >= 0.3 is 0 Å². The molecule has 1 aromatic carbocycles. The molecule has 1 unspecified atom stereocenters. The van der Waals surface area contributed by atoms with Crippen molar-refractivity contribution in [2.24, 2.45) is 0 Å². The maximum absolute atomic E-state index is 14.0. The van der Waals surface area contributed by atoms with Crippen LogP contribution in [0.25, 0.3) is 0 Å². The number of benzene rings is 1. The highest BCUT2D eigenvalue weighted by atomic mass is 35.5. The largest absolute Gasteiger partial charge is 0.344 e. The van der Waals surface area contributed by atoms with Crippen molar-refractivity contribution in [1.82, 2.24) is 15.0 Å². The topological polar surface area (TPSA) is 45.4 Å². The van der Waals surface area contributed by atoms with E-state index < -0.39 is 0 Å². The second kappa shape index (κ2) is 6.22. The molecule has 3 rings (SSSR count). The van der Waals surface area contributed by atoms with Gasteiger partial charge in [0.1, 0.15) is 5.82 Å². The van der Waals surface area contributed by atoms with Gasteiger partial charge in [0, 0.05) is 31.2 Å². The average Bonchev–Trinajstić information content (AvgIpc) is 3.11. The van der Waals surface area contributed by atoms with Gasteiger partial charge in [0.05, 0.1) is 6.04 Å². The summed E-state index contributed by atoms with van der Waals surface area (Å²) in [4.78, 5) is 8.34. The summed E-state index contributed by atoms with van der Waals surface area (Å²) < 4.78 is 19.3. The first-order valence-corrected chi connectivity index (χ1v) is 7.62. The normalized spacial score (nSPS) is 18.8. The van der Waals surface area contributed by atoms with Crippen LogP contribution < -0.4 is 4.90 Å². The van der Waals surface area contributed by atoms with Crippen molar-refractivity contribution in [3.05, 3.63) is 40.5 Å². The molecule has 0 saturated carbocycles. The zero-order valence-corrected chi connectivity index (χ0v) is 13.3. The third-order valence-corrected chi connectivity index (χ3v) is 4.26. The maximum Gasteiger partial charge on any atom is 0.265 e. The summed E-state index contributed by atoms with van der Waals surface area (Å²) in [5, 5.41) is 4.40. The summed E-state index contributed by atoms with van der Waals surface area (Å²) in [7, 11) is 3.72. The van der Waals surface area contributed by atoms with Crippen LogP contribution in [0.5, 0.6) is 0 Å². The van der Waals surface area contributed by atoms with Crippen LogP contribution in [0.15, 0.2) is 22.7 Å². The molecular formula is C15H18ClFN4O. The molecule has 22 heavy (non-hydrogen) atoms. The lowest BCUT2D eigenvalue weighted by Gasteiger charge is -2.22. The van der Waals surface area contributed by atoms with Crippen LogP contribution in [0.2, 0.25) is 5.02 Å². The fourth-order valence-corrected chi connectivity index (χ4v) is 2.95. The zero-order valence-electron chi connectivity index (χ0n) is 12.6. The van der Waals surface area contributed by atoms with Crippen molar-refractivity contribution >= 4 is 17.5 Å². The molecule has 0 aliphatic carbocycles. The van der Waals surface area contributed by atoms with Gasteiger partial charge in [-0.15, -0.1) is 0 Å². The summed E-state index contributed by atoms with van der Waals surface area (Å²) in [5.74, 6) is 0.845. The van der Waals surface area contributed by atoms with Crippen LogP contribution >= 0.6 is 11.6 Å². The van der Waals surface area contributed by atoms with Gasteiger partial charge in [-0.2, -0.15) is 4.98 Å². The Hall–Kier alpha value is -1.66. The molecule has 1 aliphatic heterocycles. The second-order valence-corrected chi connectivity index (χ2v) is 6.06. The van der Waals surface area contributed by atoms with Crippen molar-refractivity contribution in [3.8, 4) is 0 Å². The van der Waals surface area contributed by atoms with E-state index in [0.29, 0.717) is 29.0 Å². The molecule has 5 nitrogen and oxygen atoms in total. The molecule has 0 N–H and O–H groups in total. The monoisotopic (exact) mass is 324 g/mol. The van der Waals surface area contributed by atoms with Gasteiger partial charge in [-0.3, -0.25) is 4.90 Å². The van der Waals surface area contributed by atoms with E-state index in [-0.39, 0.29) is 11.9 Å². The molecule has 1 aliphatic rings. The Labute approximate surface area is 133 Å². The quantitative estimate of drug-likeness (QED) is 0.863. The lowest BCUT2D eigenvalue weighted by Crippen LogP contribution is -2.24. The minimum Gasteiger partial charge on any atom is -0.344 e. The number of anilines is 1. The number of nitrogens with zero attached hydrogens (tertiary/aromatic N) is 4. The van der Waals surface area contributed by atoms with E-state index in [0.717, 1.165) is 19.4 Å². The van der Waals surface area contributed by atoms with Gasteiger partial charge < -0.3 is 9.42 Å². The minimum atomic E-state index is -0.280. The van der Waals surface area contributed by atoms with E-state index in [1.807, 2.05) is 14.1 Å². The van der Waals surface area contributed by atoms with E-state index in [4.69, 9.17) is 16.1 Å². The number of hydrogen-bond donors (Lipinski definition) is 0. The molecule has 0 bridgehead atoms. The smallest absolute Gasteiger partial charge is 0.265 e.